The fourth-order valence-corrected chi connectivity index (χ4v) is 1.30. The van der Waals surface area contributed by atoms with Gasteiger partial charge in [-0.3, -0.25) is 0 Å². The Labute approximate surface area is 80.8 Å². The quantitative estimate of drug-likeness (QED) is 0.707. The van der Waals surface area contributed by atoms with Crippen molar-refractivity contribution in [3.8, 4) is 11.4 Å². The normalized spacial score (nSPS) is 10.3. The van der Waals surface area contributed by atoms with Crippen molar-refractivity contribution >= 4 is 11.6 Å². The van der Waals surface area contributed by atoms with Crippen molar-refractivity contribution in [2.45, 2.75) is 6.92 Å². The lowest BCUT2D eigenvalue weighted by atomic mass is 10.2. The highest BCUT2D eigenvalue weighted by Crippen LogP contribution is 2.19. The number of nitrogens with zero attached hydrogens (tertiary/aromatic N) is 2. The van der Waals surface area contributed by atoms with Crippen LogP contribution in [0.25, 0.3) is 11.4 Å². The van der Waals surface area contributed by atoms with E-state index in [2.05, 4.69) is 15.0 Å². The highest BCUT2D eigenvalue weighted by atomic mass is 35.5. The predicted molar refractivity (Wildman–Crippen MR) is 51.6 cm³/mol. The van der Waals surface area contributed by atoms with Gasteiger partial charge in [-0.05, 0) is 36.2 Å². The Hall–Kier alpha value is -1.35. The summed E-state index contributed by atoms with van der Waals surface area (Å²) in [7, 11) is 0. The molecule has 0 atom stereocenters. The third-order valence-electron chi connectivity index (χ3n) is 1.80. The van der Waals surface area contributed by atoms with E-state index in [4.69, 9.17) is 11.6 Å². The van der Waals surface area contributed by atoms with Crippen molar-refractivity contribution in [2.24, 2.45) is 0 Å². The number of H-pyrrole nitrogens is 1. The maximum Gasteiger partial charge on any atom is 0.222 e. The topological polar surface area (TPSA) is 41.6 Å². The second-order valence-corrected chi connectivity index (χ2v) is 3.09. The van der Waals surface area contributed by atoms with Crippen LogP contribution in [0.5, 0.6) is 0 Å². The number of hydrogen-bond acceptors (Lipinski definition) is 2. The molecule has 0 spiro atoms. The van der Waals surface area contributed by atoms with Crippen LogP contribution in [0.2, 0.25) is 5.28 Å². The molecule has 0 bridgehead atoms. The summed E-state index contributed by atoms with van der Waals surface area (Å²) in [6.07, 6.45) is 3.57. The van der Waals surface area contributed by atoms with Crippen LogP contribution in [0.4, 0.5) is 0 Å². The van der Waals surface area contributed by atoms with E-state index in [0.717, 1.165) is 17.0 Å². The van der Waals surface area contributed by atoms with E-state index in [9.17, 15) is 0 Å². The average Bonchev–Trinajstić information content (AvgIpc) is 2.61. The molecule has 13 heavy (non-hydrogen) atoms. The first-order valence-corrected chi connectivity index (χ1v) is 4.28. The summed E-state index contributed by atoms with van der Waals surface area (Å²) in [5.41, 5.74) is 2.82. The maximum absolute atomic E-state index is 5.70. The molecular formula is C9H8ClN3. The van der Waals surface area contributed by atoms with Gasteiger partial charge in [0.25, 0.3) is 0 Å². The van der Waals surface area contributed by atoms with E-state index in [1.807, 2.05) is 25.3 Å². The summed E-state index contributed by atoms with van der Waals surface area (Å²) in [5, 5.41) is 0.273. The molecule has 3 nitrogen and oxygen atoms in total. The Morgan fingerprint density at radius 1 is 1.46 bits per heavy atom. The standard InChI is InChI=1S/C9H8ClN3/c1-6-5-12-9(10)13-8(6)7-3-2-4-11-7/h2-5,11H,1H3. The van der Waals surface area contributed by atoms with Crippen LogP contribution >= 0.6 is 11.6 Å². The summed E-state index contributed by atoms with van der Waals surface area (Å²) in [5.74, 6) is 0. The second kappa shape index (κ2) is 3.18. The fourth-order valence-electron chi connectivity index (χ4n) is 1.17. The highest BCUT2D eigenvalue weighted by Gasteiger charge is 2.04. The largest absolute Gasteiger partial charge is 0.360 e. The van der Waals surface area contributed by atoms with Crippen LogP contribution in [0.1, 0.15) is 5.56 Å². The first-order valence-electron chi connectivity index (χ1n) is 3.90. The van der Waals surface area contributed by atoms with Gasteiger partial charge in [0.1, 0.15) is 0 Å². The molecule has 1 N–H and O–H groups in total. The first-order chi connectivity index (χ1) is 6.27. The minimum atomic E-state index is 0.273. The average molecular weight is 194 g/mol. The molecule has 0 saturated carbocycles. The molecule has 0 aliphatic carbocycles. The molecule has 66 valence electrons. The van der Waals surface area contributed by atoms with E-state index in [0.29, 0.717) is 0 Å². The molecule has 0 unspecified atom stereocenters. The van der Waals surface area contributed by atoms with Crippen molar-refractivity contribution in [3.63, 3.8) is 0 Å². The van der Waals surface area contributed by atoms with Gasteiger partial charge in [0.15, 0.2) is 0 Å². The number of hydrogen-bond donors (Lipinski definition) is 1. The molecule has 2 aromatic rings. The van der Waals surface area contributed by atoms with Gasteiger partial charge in [0.2, 0.25) is 5.28 Å². The number of nitrogens with one attached hydrogen (secondary N) is 1. The van der Waals surface area contributed by atoms with E-state index >= 15 is 0 Å². The van der Waals surface area contributed by atoms with Crippen LogP contribution in [-0.2, 0) is 0 Å². The molecule has 0 aliphatic heterocycles. The summed E-state index contributed by atoms with van der Waals surface area (Å²) >= 11 is 5.70. The monoisotopic (exact) mass is 193 g/mol. The van der Waals surface area contributed by atoms with Crippen molar-refractivity contribution < 1.29 is 0 Å². The molecule has 0 amide bonds. The fraction of sp³-hybridized carbons (Fsp3) is 0.111. The van der Waals surface area contributed by atoms with Gasteiger partial charge in [0.05, 0.1) is 11.4 Å². The highest BCUT2D eigenvalue weighted by molar-refractivity contribution is 6.28. The number of aryl methyl sites for hydroxylation is 1. The van der Waals surface area contributed by atoms with Gasteiger partial charge in [-0.1, -0.05) is 0 Å². The maximum atomic E-state index is 5.70. The summed E-state index contributed by atoms with van der Waals surface area (Å²) in [6.45, 7) is 1.95. The molecule has 0 aromatic carbocycles. The SMILES string of the molecule is Cc1cnc(Cl)nc1-c1ccc[nH]1. The summed E-state index contributed by atoms with van der Waals surface area (Å²) < 4.78 is 0. The van der Waals surface area contributed by atoms with E-state index < -0.39 is 0 Å². The number of aromatic nitrogens is 3. The minimum Gasteiger partial charge on any atom is -0.360 e. The van der Waals surface area contributed by atoms with Crippen LogP contribution in [0, 0.1) is 6.92 Å². The lowest BCUT2D eigenvalue weighted by Crippen LogP contribution is -1.91. The molecule has 0 saturated heterocycles. The minimum absolute atomic E-state index is 0.273. The zero-order valence-electron chi connectivity index (χ0n) is 7.08. The molecule has 0 radical (unpaired) electrons. The molecule has 0 fully saturated rings. The zero-order chi connectivity index (χ0) is 9.26. The van der Waals surface area contributed by atoms with Crippen molar-refractivity contribution in [2.75, 3.05) is 0 Å². The van der Waals surface area contributed by atoms with Crippen LogP contribution in [0.3, 0.4) is 0 Å². The van der Waals surface area contributed by atoms with Gasteiger partial charge in [0, 0.05) is 12.4 Å². The lowest BCUT2D eigenvalue weighted by Gasteiger charge is -2.01. The molecule has 2 heterocycles. The molecule has 2 rings (SSSR count). The Balaban J connectivity index is 2.57. The molecule has 0 aliphatic rings. The third-order valence-corrected chi connectivity index (χ3v) is 1.98. The first kappa shape index (κ1) is 8.26. The van der Waals surface area contributed by atoms with Gasteiger partial charge in [-0.2, -0.15) is 0 Å². The van der Waals surface area contributed by atoms with Crippen molar-refractivity contribution in [1.29, 1.82) is 0 Å². The Morgan fingerprint density at radius 2 is 2.31 bits per heavy atom. The summed E-state index contributed by atoms with van der Waals surface area (Å²) in [6, 6.07) is 3.87. The number of halogens is 1. The van der Waals surface area contributed by atoms with Gasteiger partial charge in [-0.25, -0.2) is 9.97 Å². The zero-order valence-corrected chi connectivity index (χ0v) is 7.84. The third kappa shape index (κ3) is 1.55. The van der Waals surface area contributed by atoms with E-state index in [1.54, 1.807) is 6.20 Å². The van der Waals surface area contributed by atoms with E-state index in [-0.39, 0.29) is 5.28 Å². The van der Waals surface area contributed by atoms with E-state index in [1.165, 1.54) is 0 Å². The second-order valence-electron chi connectivity index (χ2n) is 2.75. The predicted octanol–water partition coefficient (Wildman–Crippen LogP) is 2.43. The number of rotatable bonds is 1. The molecule has 2 aromatic heterocycles. The van der Waals surface area contributed by atoms with Gasteiger partial charge >= 0.3 is 0 Å². The van der Waals surface area contributed by atoms with Crippen molar-refractivity contribution in [3.05, 3.63) is 35.4 Å². The molecule has 4 heteroatoms. The summed E-state index contributed by atoms with van der Waals surface area (Å²) in [4.78, 5) is 11.1. The Bertz CT molecular complexity index is 409. The van der Waals surface area contributed by atoms with Crippen molar-refractivity contribution in [1.82, 2.24) is 15.0 Å². The van der Waals surface area contributed by atoms with Crippen LogP contribution in [-0.4, -0.2) is 15.0 Å². The number of aromatic amines is 1. The van der Waals surface area contributed by atoms with Crippen LogP contribution < -0.4 is 0 Å². The van der Waals surface area contributed by atoms with Gasteiger partial charge < -0.3 is 4.98 Å². The lowest BCUT2D eigenvalue weighted by molar-refractivity contribution is 1.12. The van der Waals surface area contributed by atoms with Gasteiger partial charge in [-0.15, -0.1) is 0 Å². The molecular weight excluding hydrogens is 186 g/mol. The Morgan fingerprint density at radius 3 is 3.00 bits per heavy atom. The van der Waals surface area contributed by atoms with Crippen LogP contribution in [0.15, 0.2) is 24.5 Å². The smallest absolute Gasteiger partial charge is 0.222 e. The Kier molecular flexibility index (Phi) is 2.02.